The summed E-state index contributed by atoms with van der Waals surface area (Å²) in [6.07, 6.45) is -0.0427. The average molecular weight is 204 g/mol. The summed E-state index contributed by atoms with van der Waals surface area (Å²) in [6.45, 7) is 2.93. The highest BCUT2D eigenvalue weighted by Gasteiger charge is 2.20. The Morgan fingerprint density at radius 2 is 2.27 bits per heavy atom. The molecular weight excluding hydrogens is 191 g/mol. The van der Waals surface area contributed by atoms with Crippen molar-refractivity contribution in [3.8, 4) is 6.07 Å². The summed E-state index contributed by atoms with van der Waals surface area (Å²) in [5, 5.41) is 8.78. The molecule has 78 valence electrons. The summed E-state index contributed by atoms with van der Waals surface area (Å²) in [6, 6.07) is 7.78. The standard InChI is InChI=1S/C12H13FN2/c1-9(13)15-5-4-11-3-2-10(7-14)6-12(11)8-15/h2-3,6,9H,4-5,8H2,1H3. The van der Waals surface area contributed by atoms with E-state index in [4.69, 9.17) is 5.26 Å². The predicted molar refractivity (Wildman–Crippen MR) is 55.8 cm³/mol. The molecule has 0 aromatic heterocycles. The van der Waals surface area contributed by atoms with Crippen molar-refractivity contribution in [2.24, 2.45) is 0 Å². The second-order valence-electron chi connectivity index (χ2n) is 3.89. The molecule has 0 aliphatic carbocycles. The van der Waals surface area contributed by atoms with Crippen molar-refractivity contribution in [3.05, 3.63) is 34.9 Å². The number of benzene rings is 1. The molecule has 0 saturated heterocycles. The van der Waals surface area contributed by atoms with Crippen LogP contribution < -0.4 is 0 Å². The summed E-state index contributed by atoms with van der Waals surface area (Å²) in [5.74, 6) is 0. The van der Waals surface area contributed by atoms with Crippen molar-refractivity contribution in [1.29, 1.82) is 5.26 Å². The zero-order chi connectivity index (χ0) is 10.8. The quantitative estimate of drug-likeness (QED) is 0.656. The van der Waals surface area contributed by atoms with Gasteiger partial charge in [-0.3, -0.25) is 4.90 Å². The van der Waals surface area contributed by atoms with Crippen LogP contribution >= 0.6 is 0 Å². The minimum absolute atomic E-state index is 0.614. The van der Waals surface area contributed by atoms with Gasteiger partial charge in [-0.05, 0) is 36.6 Å². The number of halogens is 1. The van der Waals surface area contributed by atoms with E-state index in [0.717, 1.165) is 18.5 Å². The summed E-state index contributed by atoms with van der Waals surface area (Å²) >= 11 is 0. The van der Waals surface area contributed by atoms with Gasteiger partial charge in [0.1, 0.15) is 0 Å². The molecule has 1 unspecified atom stereocenters. The second kappa shape index (κ2) is 4.00. The second-order valence-corrected chi connectivity index (χ2v) is 3.89. The van der Waals surface area contributed by atoms with Crippen molar-refractivity contribution in [2.75, 3.05) is 6.54 Å². The fraction of sp³-hybridized carbons (Fsp3) is 0.417. The molecule has 1 atom stereocenters. The lowest BCUT2D eigenvalue weighted by Crippen LogP contribution is -2.35. The van der Waals surface area contributed by atoms with Gasteiger partial charge in [0.2, 0.25) is 0 Å². The highest BCUT2D eigenvalue weighted by Crippen LogP contribution is 2.21. The number of fused-ring (bicyclic) bond motifs is 1. The van der Waals surface area contributed by atoms with Crippen LogP contribution in [-0.2, 0) is 13.0 Å². The van der Waals surface area contributed by atoms with Gasteiger partial charge in [-0.25, -0.2) is 4.39 Å². The van der Waals surface area contributed by atoms with Crippen LogP contribution in [0, 0.1) is 11.3 Å². The Balaban J connectivity index is 2.28. The molecule has 1 aromatic carbocycles. The molecule has 0 bridgehead atoms. The molecule has 0 amide bonds. The Kier molecular flexibility index (Phi) is 2.70. The van der Waals surface area contributed by atoms with Crippen LogP contribution in [0.5, 0.6) is 0 Å². The lowest BCUT2D eigenvalue weighted by Gasteiger charge is -2.29. The number of nitriles is 1. The van der Waals surface area contributed by atoms with Crippen LogP contribution in [0.15, 0.2) is 18.2 Å². The fourth-order valence-electron chi connectivity index (χ4n) is 1.95. The Bertz CT molecular complexity index is 407. The number of nitrogens with zero attached hydrogens (tertiary/aromatic N) is 2. The van der Waals surface area contributed by atoms with E-state index >= 15 is 0 Å². The topological polar surface area (TPSA) is 27.0 Å². The maximum absolute atomic E-state index is 13.1. The summed E-state index contributed by atoms with van der Waals surface area (Å²) in [7, 11) is 0. The fourth-order valence-corrected chi connectivity index (χ4v) is 1.95. The SMILES string of the molecule is CC(F)N1CCc2ccc(C#N)cc2C1. The Morgan fingerprint density at radius 3 is 2.93 bits per heavy atom. The molecule has 0 spiro atoms. The van der Waals surface area contributed by atoms with E-state index in [2.05, 4.69) is 6.07 Å². The molecule has 1 aliphatic rings. The molecule has 0 fully saturated rings. The summed E-state index contributed by atoms with van der Waals surface area (Å²) < 4.78 is 13.1. The summed E-state index contributed by atoms with van der Waals surface area (Å²) in [5.41, 5.74) is 2.98. The molecule has 0 N–H and O–H groups in total. The van der Waals surface area contributed by atoms with Gasteiger partial charge >= 0.3 is 0 Å². The van der Waals surface area contributed by atoms with Crippen LogP contribution in [0.1, 0.15) is 23.6 Å². The van der Waals surface area contributed by atoms with Gasteiger partial charge in [0.05, 0.1) is 11.6 Å². The molecular formula is C12H13FN2. The van der Waals surface area contributed by atoms with Gasteiger partial charge in [-0.15, -0.1) is 0 Å². The van der Waals surface area contributed by atoms with Gasteiger partial charge in [-0.1, -0.05) is 6.07 Å². The minimum Gasteiger partial charge on any atom is -0.270 e. The number of hydrogen-bond acceptors (Lipinski definition) is 2. The average Bonchev–Trinajstić information content (AvgIpc) is 2.27. The van der Waals surface area contributed by atoms with Crippen LogP contribution in [0.25, 0.3) is 0 Å². The van der Waals surface area contributed by atoms with E-state index in [-0.39, 0.29) is 0 Å². The predicted octanol–water partition coefficient (Wildman–Crippen LogP) is 2.23. The van der Waals surface area contributed by atoms with E-state index in [1.54, 1.807) is 11.8 Å². The lowest BCUT2D eigenvalue weighted by molar-refractivity contribution is 0.0850. The third kappa shape index (κ3) is 2.00. The minimum atomic E-state index is -0.913. The third-order valence-electron chi connectivity index (χ3n) is 2.88. The van der Waals surface area contributed by atoms with Crippen LogP contribution in [0.4, 0.5) is 4.39 Å². The van der Waals surface area contributed by atoms with Crippen LogP contribution in [-0.4, -0.2) is 17.7 Å². The van der Waals surface area contributed by atoms with E-state index in [1.807, 2.05) is 18.2 Å². The molecule has 3 heteroatoms. The summed E-state index contributed by atoms with van der Waals surface area (Å²) in [4.78, 5) is 1.78. The normalized spacial score (nSPS) is 17.9. The Labute approximate surface area is 88.9 Å². The zero-order valence-corrected chi connectivity index (χ0v) is 8.70. The van der Waals surface area contributed by atoms with Gasteiger partial charge in [0, 0.05) is 13.1 Å². The smallest absolute Gasteiger partial charge is 0.151 e. The molecule has 1 aliphatic heterocycles. The highest BCUT2D eigenvalue weighted by molar-refractivity contribution is 5.39. The Hall–Kier alpha value is -1.40. The van der Waals surface area contributed by atoms with Crippen molar-refractivity contribution >= 4 is 0 Å². The zero-order valence-electron chi connectivity index (χ0n) is 8.70. The maximum Gasteiger partial charge on any atom is 0.151 e. The molecule has 2 nitrogen and oxygen atoms in total. The highest BCUT2D eigenvalue weighted by atomic mass is 19.1. The van der Waals surface area contributed by atoms with E-state index in [1.165, 1.54) is 5.56 Å². The lowest BCUT2D eigenvalue weighted by atomic mass is 9.98. The first-order valence-corrected chi connectivity index (χ1v) is 5.10. The first-order valence-electron chi connectivity index (χ1n) is 5.10. The van der Waals surface area contributed by atoms with Crippen molar-refractivity contribution in [1.82, 2.24) is 4.90 Å². The van der Waals surface area contributed by atoms with Crippen molar-refractivity contribution in [2.45, 2.75) is 26.2 Å². The van der Waals surface area contributed by atoms with Crippen LogP contribution in [0.3, 0.4) is 0 Å². The Morgan fingerprint density at radius 1 is 1.47 bits per heavy atom. The molecule has 1 heterocycles. The number of rotatable bonds is 1. The van der Waals surface area contributed by atoms with E-state index < -0.39 is 6.30 Å². The van der Waals surface area contributed by atoms with Gasteiger partial charge in [0.15, 0.2) is 6.30 Å². The van der Waals surface area contributed by atoms with Crippen molar-refractivity contribution < 1.29 is 4.39 Å². The monoisotopic (exact) mass is 204 g/mol. The van der Waals surface area contributed by atoms with Gasteiger partial charge in [-0.2, -0.15) is 5.26 Å². The largest absolute Gasteiger partial charge is 0.270 e. The first kappa shape index (κ1) is 10.1. The molecule has 2 rings (SSSR count). The van der Waals surface area contributed by atoms with E-state index in [0.29, 0.717) is 12.1 Å². The number of hydrogen-bond donors (Lipinski definition) is 0. The molecule has 0 saturated carbocycles. The molecule has 1 aromatic rings. The molecule has 15 heavy (non-hydrogen) atoms. The van der Waals surface area contributed by atoms with E-state index in [9.17, 15) is 4.39 Å². The maximum atomic E-state index is 13.1. The van der Waals surface area contributed by atoms with Crippen molar-refractivity contribution in [3.63, 3.8) is 0 Å². The van der Waals surface area contributed by atoms with Gasteiger partial charge in [0.25, 0.3) is 0 Å². The molecule has 0 radical (unpaired) electrons. The van der Waals surface area contributed by atoms with Crippen LogP contribution in [0.2, 0.25) is 0 Å². The third-order valence-corrected chi connectivity index (χ3v) is 2.88. The first-order chi connectivity index (χ1) is 7.20. The number of alkyl halides is 1. The van der Waals surface area contributed by atoms with Gasteiger partial charge < -0.3 is 0 Å².